The van der Waals surface area contributed by atoms with Crippen LogP contribution in [0.4, 0.5) is 11.8 Å². The van der Waals surface area contributed by atoms with Crippen molar-refractivity contribution in [3.05, 3.63) is 35.5 Å². The SMILES string of the molecule is Nc1ncc(Sc2ccc(Cl)cc2)c(N[C@@H]2CCC[C@@H](O)C2)n1. The van der Waals surface area contributed by atoms with Gasteiger partial charge < -0.3 is 16.2 Å². The fraction of sp³-hybridized carbons (Fsp3) is 0.375. The van der Waals surface area contributed by atoms with Crippen molar-refractivity contribution in [1.82, 2.24) is 9.97 Å². The lowest BCUT2D eigenvalue weighted by Crippen LogP contribution is -2.30. The number of halogens is 1. The van der Waals surface area contributed by atoms with Gasteiger partial charge in [0.25, 0.3) is 0 Å². The van der Waals surface area contributed by atoms with Crippen molar-refractivity contribution in [2.75, 3.05) is 11.1 Å². The summed E-state index contributed by atoms with van der Waals surface area (Å²) in [5.74, 6) is 0.959. The summed E-state index contributed by atoms with van der Waals surface area (Å²) in [4.78, 5) is 10.4. The molecular formula is C16H19ClN4OS. The van der Waals surface area contributed by atoms with Crippen molar-refractivity contribution in [2.24, 2.45) is 0 Å². The zero-order valence-corrected chi connectivity index (χ0v) is 14.1. The molecule has 4 N–H and O–H groups in total. The summed E-state index contributed by atoms with van der Waals surface area (Å²) in [6, 6.07) is 7.83. The summed E-state index contributed by atoms with van der Waals surface area (Å²) < 4.78 is 0. The van der Waals surface area contributed by atoms with Crippen molar-refractivity contribution in [3.8, 4) is 0 Å². The van der Waals surface area contributed by atoms with Crippen LogP contribution in [0, 0.1) is 0 Å². The summed E-state index contributed by atoms with van der Waals surface area (Å²) in [5, 5.41) is 13.9. The van der Waals surface area contributed by atoms with Gasteiger partial charge in [0.05, 0.1) is 11.0 Å². The molecule has 0 bridgehead atoms. The van der Waals surface area contributed by atoms with Crippen molar-refractivity contribution in [2.45, 2.75) is 47.6 Å². The van der Waals surface area contributed by atoms with Crippen LogP contribution in [0.3, 0.4) is 0 Å². The van der Waals surface area contributed by atoms with Gasteiger partial charge in [-0.15, -0.1) is 0 Å². The van der Waals surface area contributed by atoms with E-state index in [1.54, 1.807) is 18.0 Å². The molecule has 1 aromatic heterocycles. The Kier molecular flexibility index (Phi) is 5.25. The Bertz CT molecular complexity index is 668. The predicted molar refractivity (Wildman–Crippen MR) is 93.9 cm³/mol. The van der Waals surface area contributed by atoms with Crippen LogP contribution in [0.15, 0.2) is 40.3 Å². The minimum absolute atomic E-state index is 0.206. The Morgan fingerprint density at radius 2 is 2.04 bits per heavy atom. The number of nitrogen functional groups attached to an aromatic ring is 1. The lowest BCUT2D eigenvalue weighted by Gasteiger charge is -2.27. The lowest BCUT2D eigenvalue weighted by atomic mass is 9.93. The zero-order chi connectivity index (χ0) is 16.2. The highest BCUT2D eigenvalue weighted by Crippen LogP contribution is 2.34. The van der Waals surface area contributed by atoms with Gasteiger partial charge in [-0.3, -0.25) is 0 Å². The molecule has 1 heterocycles. The maximum Gasteiger partial charge on any atom is 0.221 e. The second kappa shape index (κ2) is 7.38. The number of benzene rings is 1. The van der Waals surface area contributed by atoms with E-state index in [0.29, 0.717) is 5.02 Å². The molecule has 1 aliphatic rings. The highest BCUT2D eigenvalue weighted by molar-refractivity contribution is 7.99. The van der Waals surface area contributed by atoms with Gasteiger partial charge in [0.2, 0.25) is 5.95 Å². The van der Waals surface area contributed by atoms with Gasteiger partial charge in [0, 0.05) is 22.2 Å². The summed E-state index contributed by atoms with van der Waals surface area (Å²) in [6.07, 6.45) is 5.12. The number of nitrogens with two attached hydrogens (primary N) is 1. The Hall–Kier alpha value is -1.50. The van der Waals surface area contributed by atoms with E-state index in [-0.39, 0.29) is 18.1 Å². The molecule has 0 radical (unpaired) electrons. The maximum atomic E-state index is 9.83. The summed E-state index contributed by atoms with van der Waals surface area (Å²) in [5.41, 5.74) is 5.73. The largest absolute Gasteiger partial charge is 0.393 e. The Labute approximate surface area is 144 Å². The Morgan fingerprint density at radius 1 is 1.26 bits per heavy atom. The number of aliphatic hydroxyl groups is 1. The number of nitrogens with one attached hydrogen (secondary N) is 1. The molecule has 23 heavy (non-hydrogen) atoms. The molecule has 0 saturated heterocycles. The molecule has 0 unspecified atom stereocenters. The number of hydrogen-bond acceptors (Lipinski definition) is 6. The third-order valence-electron chi connectivity index (χ3n) is 3.80. The molecule has 0 aliphatic heterocycles. The average molecular weight is 351 g/mol. The van der Waals surface area contributed by atoms with E-state index < -0.39 is 0 Å². The van der Waals surface area contributed by atoms with E-state index in [1.807, 2.05) is 24.3 Å². The van der Waals surface area contributed by atoms with Gasteiger partial charge in [-0.1, -0.05) is 23.4 Å². The number of aliphatic hydroxyl groups excluding tert-OH is 1. The molecule has 1 aliphatic carbocycles. The van der Waals surface area contributed by atoms with Crippen molar-refractivity contribution in [1.29, 1.82) is 0 Å². The van der Waals surface area contributed by atoms with Gasteiger partial charge in [0.1, 0.15) is 5.82 Å². The van der Waals surface area contributed by atoms with Crippen LogP contribution in [0.25, 0.3) is 0 Å². The second-order valence-corrected chi connectivity index (χ2v) is 7.21. The van der Waals surface area contributed by atoms with Crippen LogP contribution in [0.2, 0.25) is 5.02 Å². The van der Waals surface area contributed by atoms with Crippen molar-refractivity contribution in [3.63, 3.8) is 0 Å². The quantitative estimate of drug-likeness (QED) is 0.781. The van der Waals surface area contributed by atoms with Gasteiger partial charge in [-0.2, -0.15) is 4.98 Å². The maximum absolute atomic E-state index is 9.83. The fourth-order valence-corrected chi connectivity index (χ4v) is 3.64. The Balaban J connectivity index is 1.78. The smallest absolute Gasteiger partial charge is 0.221 e. The minimum Gasteiger partial charge on any atom is -0.393 e. The first-order valence-corrected chi connectivity index (χ1v) is 8.80. The molecule has 3 rings (SSSR count). The molecule has 1 saturated carbocycles. The molecule has 7 heteroatoms. The zero-order valence-electron chi connectivity index (χ0n) is 12.6. The molecular weight excluding hydrogens is 332 g/mol. The van der Waals surface area contributed by atoms with Crippen molar-refractivity contribution < 1.29 is 5.11 Å². The first kappa shape index (κ1) is 16.4. The van der Waals surface area contributed by atoms with Gasteiger partial charge >= 0.3 is 0 Å². The van der Waals surface area contributed by atoms with E-state index >= 15 is 0 Å². The van der Waals surface area contributed by atoms with Crippen LogP contribution in [0.1, 0.15) is 25.7 Å². The van der Waals surface area contributed by atoms with Crippen molar-refractivity contribution >= 4 is 35.1 Å². The molecule has 2 aromatic rings. The van der Waals surface area contributed by atoms with Crippen LogP contribution in [0.5, 0.6) is 0 Å². The molecule has 122 valence electrons. The fourth-order valence-electron chi connectivity index (χ4n) is 2.68. The number of hydrogen-bond donors (Lipinski definition) is 3. The summed E-state index contributed by atoms with van der Waals surface area (Å²) in [6.45, 7) is 0. The van der Waals surface area contributed by atoms with Crippen LogP contribution in [-0.4, -0.2) is 27.2 Å². The molecule has 1 fully saturated rings. The van der Waals surface area contributed by atoms with Crippen LogP contribution < -0.4 is 11.1 Å². The molecule has 0 spiro atoms. The summed E-state index contributed by atoms with van der Waals surface area (Å²) >= 11 is 7.48. The van der Waals surface area contributed by atoms with Gasteiger partial charge in [0.15, 0.2) is 0 Å². The van der Waals surface area contributed by atoms with Crippen LogP contribution in [-0.2, 0) is 0 Å². The molecule has 0 amide bonds. The normalized spacial score (nSPS) is 21.1. The van der Waals surface area contributed by atoms with Crippen LogP contribution >= 0.6 is 23.4 Å². The molecule has 1 aromatic carbocycles. The van der Waals surface area contributed by atoms with Gasteiger partial charge in [-0.05, 0) is 49.9 Å². The molecule has 2 atom stereocenters. The highest BCUT2D eigenvalue weighted by Gasteiger charge is 2.21. The average Bonchev–Trinajstić information content (AvgIpc) is 2.52. The minimum atomic E-state index is -0.243. The predicted octanol–water partition coefficient (Wildman–Crippen LogP) is 3.58. The van der Waals surface area contributed by atoms with E-state index in [9.17, 15) is 5.11 Å². The van der Waals surface area contributed by atoms with E-state index in [0.717, 1.165) is 41.3 Å². The first-order chi connectivity index (χ1) is 11.1. The highest BCUT2D eigenvalue weighted by atomic mass is 35.5. The number of rotatable bonds is 4. The first-order valence-electron chi connectivity index (χ1n) is 7.60. The summed E-state index contributed by atoms with van der Waals surface area (Å²) in [7, 11) is 0. The van der Waals surface area contributed by atoms with E-state index in [2.05, 4.69) is 15.3 Å². The standard InChI is InChI=1S/C16H19ClN4OS/c17-10-4-6-13(7-5-10)23-14-9-19-16(18)21-15(14)20-11-2-1-3-12(22)8-11/h4-7,9,11-12,22H,1-3,8H2,(H3,18,19,20,21)/t11-,12-/m1/s1. The topological polar surface area (TPSA) is 84.1 Å². The number of nitrogens with zero attached hydrogens (tertiary/aromatic N) is 2. The van der Waals surface area contributed by atoms with E-state index in [4.69, 9.17) is 17.3 Å². The van der Waals surface area contributed by atoms with Gasteiger partial charge in [-0.25, -0.2) is 4.98 Å². The van der Waals surface area contributed by atoms with E-state index in [1.165, 1.54) is 0 Å². The third kappa shape index (κ3) is 4.50. The number of aromatic nitrogens is 2. The monoisotopic (exact) mass is 350 g/mol. The second-order valence-electron chi connectivity index (χ2n) is 5.66. The number of anilines is 2. The third-order valence-corrected chi connectivity index (χ3v) is 5.08. The lowest BCUT2D eigenvalue weighted by molar-refractivity contribution is 0.124. The Morgan fingerprint density at radius 3 is 2.78 bits per heavy atom. The molecule has 5 nitrogen and oxygen atoms in total.